The first-order valence-electron chi connectivity index (χ1n) is 3.85. The Kier molecular flexibility index (Phi) is 3.33. The summed E-state index contributed by atoms with van der Waals surface area (Å²) in [6, 6.07) is 11.1. The van der Waals surface area contributed by atoms with Gasteiger partial charge in [-0.25, -0.2) is 0 Å². The van der Waals surface area contributed by atoms with Crippen LogP contribution in [0.2, 0.25) is 0 Å². The van der Waals surface area contributed by atoms with Crippen molar-refractivity contribution in [1.82, 2.24) is 4.98 Å². The summed E-state index contributed by atoms with van der Waals surface area (Å²) in [5, 5.41) is 1.38. The SMILES string of the molecule is CC(C)N[Si]c1ccccc1. The number of benzene rings is 1. The minimum atomic E-state index is 0.577. The molecule has 0 bridgehead atoms. The maximum atomic E-state index is 3.39. The van der Waals surface area contributed by atoms with E-state index in [0.717, 1.165) is 9.68 Å². The lowest BCUT2D eigenvalue weighted by molar-refractivity contribution is 0.756. The monoisotopic (exact) mass is 163 g/mol. The summed E-state index contributed by atoms with van der Waals surface area (Å²) in [7, 11) is 0.735. The van der Waals surface area contributed by atoms with E-state index in [1.54, 1.807) is 0 Å². The molecule has 1 N–H and O–H groups in total. The molecule has 1 nitrogen and oxygen atoms in total. The molecule has 2 radical (unpaired) electrons. The highest BCUT2D eigenvalue weighted by Crippen LogP contribution is 1.80. The van der Waals surface area contributed by atoms with Gasteiger partial charge in [0.1, 0.15) is 0 Å². The van der Waals surface area contributed by atoms with Gasteiger partial charge in [0.15, 0.2) is 9.68 Å². The topological polar surface area (TPSA) is 12.0 Å². The molecular formula is C9H13NSi. The van der Waals surface area contributed by atoms with Crippen molar-refractivity contribution in [2.75, 3.05) is 0 Å². The number of nitrogens with one attached hydrogen (secondary N) is 1. The number of rotatable bonds is 3. The molecule has 0 unspecified atom stereocenters. The summed E-state index contributed by atoms with van der Waals surface area (Å²) in [6.45, 7) is 4.33. The Hall–Kier alpha value is -0.603. The molecule has 1 rings (SSSR count). The fourth-order valence-corrected chi connectivity index (χ4v) is 1.56. The molecule has 1 aromatic carbocycles. The van der Waals surface area contributed by atoms with Gasteiger partial charge in [0.2, 0.25) is 0 Å². The summed E-state index contributed by atoms with van der Waals surface area (Å²) >= 11 is 0. The van der Waals surface area contributed by atoms with Crippen LogP contribution in [-0.4, -0.2) is 15.7 Å². The van der Waals surface area contributed by atoms with Gasteiger partial charge >= 0.3 is 0 Å². The van der Waals surface area contributed by atoms with E-state index in [1.807, 2.05) is 6.07 Å². The van der Waals surface area contributed by atoms with Crippen molar-refractivity contribution in [2.24, 2.45) is 0 Å². The van der Waals surface area contributed by atoms with E-state index in [4.69, 9.17) is 0 Å². The maximum Gasteiger partial charge on any atom is 0.179 e. The van der Waals surface area contributed by atoms with Gasteiger partial charge < -0.3 is 4.98 Å². The molecule has 0 fully saturated rings. The van der Waals surface area contributed by atoms with Gasteiger partial charge in [-0.2, -0.15) is 0 Å². The fraction of sp³-hybridized carbons (Fsp3) is 0.333. The highest BCUT2D eigenvalue weighted by Gasteiger charge is 1.94. The second-order valence-corrected chi connectivity index (χ2v) is 3.91. The van der Waals surface area contributed by atoms with Gasteiger partial charge in [-0.3, -0.25) is 0 Å². The van der Waals surface area contributed by atoms with Gasteiger partial charge in [-0.15, -0.1) is 0 Å². The Balaban J connectivity index is 2.39. The molecule has 0 spiro atoms. The van der Waals surface area contributed by atoms with Crippen LogP contribution >= 0.6 is 0 Å². The summed E-state index contributed by atoms with van der Waals surface area (Å²) in [4.78, 5) is 3.39. The summed E-state index contributed by atoms with van der Waals surface area (Å²) in [5.74, 6) is 0. The van der Waals surface area contributed by atoms with E-state index in [-0.39, 0.29) is 0 Å². The zero-order chi connectivity index (χ0) is 8.10. The first-order valence-corrected chi connectivity index (χ1v) is 4.85. The predicted octanol–water partition coefficient (Wildman–Crippen LogP) is 0.929. The average Bonchev–Trinajstić information content (AvgIpc) is 2.03. The van der Waals surface area contributed by atoms with Crippen molar-refractivity contribution in [3.05, 3.63) is 30.3 Å². The summed E-state index contributed by atoms with van der Waals surface area (Å²) in [6.07, 6.45) is 0. The summed E-state index contributed by atoms with van der Waals surface area (Å²) in [5.41, 5.74) is 0. The van der Waals surface area contributed by atoms with Gasteiger partial charge in [0, 0.05) is 0 Å². The van der Waals surface area contributed by atoms with Crippen LogP contribution in [0, 0.1) is 0 Å². The number of hydrogen-bond donors (Lipinski definition) is 1. The largest absolute Gasteiger partial charge is 0.333 e. The molecule has 2 heteroatoms. The molecule has 11 heavy (non-hydrogen) atoms. The standard InChI is InChI=1S/C9H13NSi/c1-8(2)10-11-9-6-4-3-5-7-9/h3-8,10H,1-2H3. The molecule has 1 aromatic rings. The zero-order valence-corrected chi connectivity index (χ0v) is 7.96. The Bertz CT molecular complexity index is 196. The van der Waals surface area contributed by atoms with Gasteiger partial charge in [0.25, 0.3) is 0 Å². The Labute approximate surface area is 70.7 Å². The molecule has 0 amide bonds. The van der Waals surface area contributed by atoms with Crippen LogP contribution in [0.5, 0.6) is 0 Å². The first kappa shape index (κ1) is 8.49. The van der Waals surface area contributed by atoms with E-state index in [2.05, 4.69) is 43.1 Å². The van der Waals surface area contributed by atoms with Crippen molar-refractivity contribution in [2.45, 2.75) is 19.9 Å². The molecule has 0 aliphatic rings. The van der Waals surface area contributed by atoms with Crippen LogP contribution in [0.15, 0.2) is 30.3 Å². The molecule has 0 aromatic heterocycles. The number of hydrogen-bond acceptors (Lipinski definition) is 1. The zero-order valence-electron chi connectivity index (χ0n) is 6.96. The second-order valence-electron chi connectivity index (χ2n) is 2.79. The molecule has 0 saturated heterocycles. The van der Waals surface area contributed by atoms with Crippen LogP contribution in [0.4, 0.5) is 0 Å². The smallest absolute Gasteiger partial charge is 0.179 e. The second kappa shape index (κ2) is 4.31. The third-order valence-corrected chi connectivity index (χ3v) is 2.62. The fourth-order valence-electron chi connectivity index (χ4n) is 0.749. The van der Waals surface area contributed by atoms with Gasteiger partial charge in [0.05, 0.1) is 0 Å². The molecule has 58 valence electrons. The maximum absolute atomic E-state index is 3.39. The first-order chi connectivity index (χ1) is 5.29. The molecule has 0 aliphatic heterocycles. The van der Waals surface area contributed by atoms with Gasteiger partial charge in [-0.1, -0.05) is 44.2 Å². The average molecular weight is 163 g/mol. The van der Waals surface area contributed by atoms with Crippen molar-refractivity contribution in [3.8, 4) is 0 Å². The van der Waals surface area contributed by atoms with Crippen LogP contribution in [-0.2, 0) is 0 Å². The molecule has 0 aliphatic carbocycles. The Morgan fingerprint density at radius 1 is 1.18 bits per heavy atom. The third kappa shape index (κ3) is 3.35. The van der Waals surface area contributed by atoms with E-state index >= 15 is 0 Å². The minimum Gasteiger partial charge on any atom is -0.333 e. The quantitative estimate of drug-likeness (QED) is 0.654. The summed E-state index contributed by atoms with van der Waals surface area (Å²) < 4.78 is 0. The molecule has 0 atom stereocenters. The highest BCUT2D eigenvalue weighted by molar-refractivity contribution is 6.50. The lowest BCUT2D eigenvalue weighted by atomic mass is 10.4. The van der Waals surface area contributed by atoms with E-state index in [9.17, 15) is 0 Å². The van der Waals surface area contributed by atoms with Crippen LogP contribution in [0.1, 0.15) is 13.8 Å². The van der Waals surface area contributed by atoms with Crippen molar-refractivity contribution >= 4 is 14.9 Å². The van der Waals surface area contributed by atoms with E-state index < -0.39 is 0 Å². The molecular weight excluding hydrogens is 150 g/mol. The van der Waals surface area contributed by atoms with Crippen molar-refractivity contribution < 1.29 is 0 Å². The minimum absolute atomic E-state index is 0.577. The molecule has 0 saturated carbocycles. The molecule has 0 heterocycles. The lowest BCUT2D eigenvalue weighted by Gasteiger charge is -2.05. The Morgan fingerprint density at radius 2 is 1.82 bits per heavy atom. The predicted molar refractivity (Wildman–Crippen MR) is 50.1 cm³/mol. The Morgan fingerprint density at radius 3 is 2.36 bits per heavy atom. The van der Waals surface area contributed by atoms with E-state index in [1.165, 1.54) is 5.19 Å². The van der Waals surface area contributed by atoms with Crippen molar-refractivity contribution in [1.29, 1.82) is 0 Å². The van der Waals surface area contributed by atoms with E-state index in [0.29, 0.717) is 6.04 Å². The lowest BCUT2D eigenvalue weighted by Crippen LogP contribution is -2.35. The normalized spacial score (nSPS) is 10.5. The highest BCUT2D eigenvalue weighted by atomic mass is 28.2. The van der Waals surface area contributed by atoms with Crippen LogP contribution in [0.25, 0.3) is 0 Å². The van der Waals surface area contributed by atoms with Crippen LogP contribution < -0.4 is 10.2 Å². The van der Waals surface area contributed by atoms with Crippen LogP contribution in [0.3, 0.4) is 0 Å². The van der Waals surface area contributed by atoms with Gasteiger partial charge in [-0.05, 0) is 11.2 Å². The van der Waals surface area contributed by atoms with Crippen molar-refractivity contribution in [3.63, 3.8) is 0 Å². The third-order valence-electron chi connectivity index (χ3n) is 1.28.